The minimum absolute atomic E-state index is 0.861. The van der Waals surface area contributed by atoms with Gasteiger partial charge in [0.05, 0.1) is 0 Å². The third-order valence-corrected chi connectivity index (χ3v) is 77.7. The number of hydrogen-bond acceptors (Lipinski definition) is 0. The SMILES string of the molecule is C1=C\C=C\[Se][Se][Se][Se][Se][Se]C/C=C/1. The first-order valence-corrected chi connectivity index (χ1v) is 27.3. The van der Waals surface area contributed by atoms with Crippen molar-refractivity contribution in [2.45, 2.75) is 5.32 Å². The Morgan fingerprint density at radius 3 is 2.62 bits per heavy atom. The average Bonchev–Trinajstić information content (AvgIpc) is 2.18. The van der Waals surface area contributed by atoms with Crippen LogP contribution in [0.15, 0.2) is 35.4 Å². The van der Waals surface area contributed by atoms with Crippen LogP contribution in [-0.4, -0.2) is 71.5 Å². The predicted molar refractivity (Wildman–Crippen MR) is 66.8 cm³/mol. The molecular weight excluding hydrogens is 558 g/mol. The van der Waals surface area contributed by atoms with Crippen LogP contribution < -0.4 is 0 Å². The summed E-state index contributed by atoms with van der Waals surface area (Å²) >= 11 is 6.13. The molecule has 0 nitrogen and oxygen atoms in total. The Morgan fingerprint density at radius 1 is 0.769 bits per heavy atom. The van der Waals surface area contributed by atoms with Crippen LogP contribution >= 0.6 is 0 Å². The van der Waals surface area contributed by atoms with Gasteiger partial charge in [0.15, 0.2) is 0 Å². The Bertz CT molecular complexity index is 177. The summed E-state index contributed by atoms with van der Waals surface area (Å²) in [6, 6.07) is 0. The second-order valence-electron chi connectivity index (χ2n) is 1.79. The zero-order chi connectivity index (χ0) is 9.19. The van der Waals surface area contributed by atoms with Crippen LogP contribution in [0.25, 0.3) is 0 Å². The van der Waals surface area contributed by atoms with Gasteiger partial charge in [0.25, 0.3) is 0 Å². The maximum atomic E-state index is 2.39. The Labute approximate surface area is 110 Å². The molecule has 0 aromatic rings. The van der Waals surface area contributed by atoms with E-state index in [2.05, 4.69) is 35.4 Å². The van der Waals surface area contributed by atoms with Crippen LogP contribution in [-0.2, 0) is 0 Å². The van der Waals surface area contributed by atoms with E-state index in [9.17, 15) is 0 Å². The van der Waals surface area contributed by atoms with Crippen molar-refractivity contribution in [3.8, 4) is 0 Å². The van der Waals surface area contributed by atoms with Crippen LogP contribution in [0.2, 0.25) is 5.32 Å². The first-order chi connectivity index (χ1) is 6.50. The molecule has 0 unspecified atom stereocenters. The van der Waals surface area contributed by atoms with Crippen molar-refractivity contribution in [1.29, 1.82) is 0 Å². The van der Waals surface area contributed by atoms with Gasteiger partial charge in [-0.3, -0.25) is 0 Å². The average molecular weight is 566 g/mol. The second kappa shape index (κ2) is 10.8. The van der Waals surface area contributed by atoms with Gasteiger partial charge < -0.3 is 0 Å². The van der Waals surface area contributed by atoms with Gasteiger partial charge in [-0.2, -0.15) is 0 Å². The van der Waals surface area contributed by atoms with Crippen molar-refractivity contribution in [2.24, 2.45) is 0 Å². The van der Waals surface area contributed by atoms with Crippen LogP contribution in [0.3, 0.4) is 0 Å². The maximum absolute atomic E-state index is 2.39. The monoisotopic (exact) mass is 572 g/mol. The van der Waals surface area contributed by atoms with Crippen LogP contribution in [0.4, 0.5) is 0 Å². The van der Waals surface area contributed by atoms with E-state index in [0.717, 1.165) is 71.5 Å². The van der Waals surface area contributed by atoms with Gasteiger partial charge in [-0.05, 0) is 0 Å². The predicted octanol–water partition coefficient (Wildman–Crippen LogP) is -0.155. The molecule has 0 bridgehead atoms. The summed E-state index contributed by atoms with van der Waals surface area (Å²) < 4.78 is 0. The molecule has 0 N–H and O–H groups in total. The zero-order valence-corrected chi connectivity index (χ0v) is 16.9. The summed E-state index contributed by atoms with van der Waals surface area (Å²) in [5.41, 5.74) is 0. The summed E-state index contributed by atoms with van der Waals surface area (Å²) in [4.78, 5) is 2.39. The van der Waals surface area contributed by atoms with E-state index >= 15 is 0 Å². The Balaban J connectivity index is 2.29. The Morgan fingerprint density at radius 2 is 1.62 bits per heavy atom. The number of allylic oxidation sites excluding steroid dienone is 5. The third kappa shape index (κ3) is 9.28. The molecule has 0 fully saturated rings. The molecule has 0 aromatic heterocycles. The van der Waals surface area contributed by atoms with Crippen molar-refractivity contribution in [1.82, 2.24) is 0 Å². The summed E-state index contributed by atoms with van der Waals surface area (Å²) in [5, 5.41) is 1.37. The fourth-order valence-corrected chi connectivity index (χ4v) is 122. The molecule has 1 aliphatic heterocycles. The van der Waals surface area contributed by atoms with Gasteiger partial charge in [-0.25, -0.2) is 0 Å². The minimum atomic E-state index is 0.861. The summed E-state index contributed by atoms with van der Waals surface area (Å²) in [5.74, 6) is 0. The van der Waals surface area contributed by atoms with E-state index in [1.165, 1.54) is 5.32 Å². The molecule has 0 saturated carbocycles. The molecule has 0 amide bonds. The molecule has 1 heterocycles. The molecule has 6 heteroatoms. The molecule has 1 rings (SSSR count). The number of rotatable bonds is 0. The number of hydrogen-bond donors (Lipinski definition) is 0. The molecule has 0 radical (unpaired) electrons. The van der Waals surface area contributed by atoms with Gasteiger partial charge >= 0.3 is 112 Å². The normalized spacial score (nSPS) is 27.7. The molecule has 0 aliphatic carbocycles. The van der Waals surface area contributed by atoms with Crippen LogP contribution in [0, 0.1) is 0 Å². The summed E-state index contributed by atoms with van der Waals surface area (Å²) in [7, 11) is 0. The third-order valence-electron chi connectivity index (χ3n) is 0.939. The van der Waals surface area contributed by atoms with Gasteiger partial charge in [0.1, 0.15) is 0 Å². The van der Waals surface area contributed by atoms with E-state index in [4.69, 9.17) is 0 Å². The standard InChI is InChI=1S/C7H8Se6/c1-2-4-6-8-10-12-13-11-9-7-5-3-1/h1-6H,7H2/b2-1-,5-3+,6-4+. The molecule has 0 aromatic carbocycles. The second-order valence-corrected chi connectivity index (χ2v) is 46.5. The van der Waals surface area contributed by atoms with Crippen molar-refractivity contribution >= 4 is 71.5 Å². The molecule has 1 aliphatic rings. The van der Waals surface area contributed by atoms with Gasteiger partial charge in [0.2, 0.25) is 0 Å². The summed E-state index contributed by atoms with van der Waals surface area (Å²) in [6.45, 7) is 0. The van der Waals surface area contributed by atoms with Gasteiger partial charge in [0, 0.05) is 0 Å². The molecule has 13 heavy (non-hydrogen) atoms. The quantitative estimate of drug-likeness (QED) is 0.359. The van der Waals surface area contributed by atoms with E-state index in [1.807, 2.05) is 0 Å². The molecule has 72 valence electrons. The van der Waals surface area contributed by atoms with E-state index in [-0.39, 0.29) is 0 Å². The van der Waals surface area contributed by atoms with E-state index < -0.39 is 0 Å². The van der Waals surface area contributed by atoms with Crippen LogP contribution in [0.5, 0.6) is 0 Å². The van der Waals surface area contributed by atoms with Crippen molar-refractivity contribution in [3.05, 3.63) is 35.4 Å². The first kappa shape index (κ1) is 13.4. The van der Waals surface area contributed by atoms with E-state index in [0.29, 0.717) is 0 Å². The molecule has 0 spiro atoms. The zero-order valence-electron chi connectivity index (χ0n) is 6.62. The molecular formula is C7H8Se6. The van der Waals surface area contributed by atoms with Crippen molar-refractivity contribution in [2.75, 3.05) is 0 Å². The van der Waals surface area contributed by atoms with E-state index in [1.54, 1.807) is 0 Å². The van der Waals surface area contributed by atoms with Crippen molar-refractivity contribution in [3.63, 3.8) is 0 Å². The first-order valence-electron chi connectivity index (χ1n) is 3.43. The topological polar surface area (TPSA) is 0 Å². The molecule has 0 atom stereocenters. The van der Waals surface area contributed by atoms with Gasteiger partial charge in [-0.15, -0.1) is 0 Å². The fourth-order valence-electron chi connectivity index (χ4n) is 0.488. The Kier molecular flexibility index (Phi) is 11.2. The Hall–Kier alpha value is 2.34. The van der Waals surface area contributed by atoms with Crippen LogP contribution in [0.1, 0.15) is 0 Å². The van der Waals surface area contributed by atoms with Gasteiger partial charge in [-0.1, -0.05) is 0 Å². The summed E-state index contributed by atoms with van der Waals surface area (Å²) in [6.07, 6.45) is 11.1. The van der Waals surface area contributed by atoms with Crippen molar-refractivity contribution < 1.29 is 0 Å². The molecule has 0 saturated heterocycles. The fraction of sp³-hybridized carbons (Fsp3) is 0.143.